The second-order valence-electron chi connectivity index (χ2n) is 9.76. The zero-order valence-electron chi connectivity index (χ0n) is 20.6. The number of fused-ring (bicyclic) bond motifs is 2. The van der Waals surface area contributed by atoms with Gasteiger partial charge >= 0.3 is 13.6 Å². The van der Waals surface area contributed by atoms with Gasteiger partial charge in [-0.2, -0.15) is 0 Å². The fourth-order valence-electron chi connectivity index (χ4n) is 4.39. The minimum absolute atomic E-state index is 0.419. The van der Waals surface area contributed by atoms with E-state index < -0.39 is 11.7 Å². The molecule has 0 aliphatic rings. The highest BCUT2D eigenvalue weighted by Crippen LogP contribution is 2.29. The van der Waals surface area contributed by atoms with Gasteiger partial charge in [-0.25, -0.2) is 4.79 Å². The molecule has 0 aromatic heterocycles. The van der Waals surface area contributed by atoms with Crippen LogP contribution in [0.25, 0.3) is 21.5 Å². The fourth-order valence-corrected chi connectivity index (χ4v) is 4.39. The summed E-state index contributed by atoms with van der Waals surface area (Å²) in [4.78, 5) is 14.5. The number of ether oxygens (including phenoxy) is 1. The molecule has 0 saturated carbocycles. The van der Waals surface area contributed by atoms with E-state index in [0.717, 1.165) is 18.5 Å². The first-order chi connectivity index (χ1) is 16.8. The van der Waals surface area contributed by atoms with Gasteiger partial charge in [0.25, 0.3) is 0 Å². The molecule has 0 unspecified atom stereocenters. The van der Waals surface area contributed by atoms with Crippen molar-refractivity contribution in [1.82, 2.24) is 10.2 Å². The second kappa shape index (κ2) is 10.9. The second-order valence-corrected chi connectivity index (χ2v) is 9.76. The molecule has 0 aliphatic carbocycles. The molecule has 0 atom stereocenters. The van der Waals surface area contributed by atoms with Gasteiger partial charge in [-0.3, -0.25) is 4.90 Å². The third-order valence-corrected chi connectivity index (χ3v) is 5.95. The molecule has 4 rings (SSSR count). The Morgan fingerprint density at radius 1 is 0.914 bits per heavy atom. The molecule has 0 saturated heterocycles. The van der Waals surface area contributed by atoms with Crippen LogP contribution in [0, 0.1) is 0 Å². The molecule has 0 fully saturated rings. The van der Waals surface area contributed by atoms with E-state index in [1.807, 2.05) is 45.0 Å². The van der Waals surface area contributed by atoms with Crippen molar-refractivity contribution in [1.29, 1.82) is 0 Å². The smallest absolute Gasteiger partial charge is 0.407 e. The van der Waals surface area contributed by atoms with Crippen LogP contribution in [0.15, 0.2) is 78.9 Å². The zero-order valence-corrected chi connectivity index (χ0v) is 20.6. The summed E-state index contributed by atoms with van der Waals surface area (Å²) in [5.41, 5.74) is 2.53. The standard InChI is InChI=1S/C29H32BN2O3/c1-29(2,3)35-28(33)31-16-17-32(19-23-12-6-9-15-27(23)30-34)20-26-24-13-7-4-10-21(24)18-22-11-5-8-14-25(22)26/h4-15,18,34H,16-17,19-20H2,1-3H3,(H,31,33). The van der Waals surface area contributed by atoms with Gasteiger partial charge in [0.2, 0.25) is 0 Å². The average Bonchev–Trinajstić information content (AvgIpc) is 2.83. The number of hydrogen-bond acceptors (Lipinski definition) is 4. The zero-order chi connectivity index (χ0) is 24.8. The van der Waals surface area contributed by atoms with Crippen LogP contribution in [0.4, 0.5) is 4.79 Å². The minimum Gasteiger partial charge on any atom is -0.450 e. The van der Waals surface area contributed by atoms with Gasteiger partial charge < -0.3 is 15.1 Å². The lowest BCUT2D eigenvalue weighted by Gasteiger charge is -2.26. The van der Waals surface area contributed by atoms with Crippen molar-refractivity contribution in [2.45, 2.75) is 39.5 Å². The van der Waals surface area contributed by atoms with Gasteiger partial charge in [0, 0.05) is 26.2 Å². The van der Waals surface area contributed by atoms with Crippen molar-refractivity contribution in [2.24, 2.45) is 0 Å². The van der Waals surface area contributed by atoms with Crippen LogP contribution in [0.1, 0.15) is 31.9 Å². The predicted molar refractivity (Wildman–Crippen MR) is 144 cm³/mol. The summed E-state index contributed by atoms with van der Waals surface area (Å²) in [6.07, 6.45) is -0.419. The number of nitrogens with zero attached hydrogens (tertiary/aromatic N) is 1. The number of carbonyl (C=O) groups excluding carboxylic acids is 1. The van der Waals surface area contributed by atoms with Crippen molar-refractivity contribution in [3.8, 4) is 0 Å². The van der Waals surface area contributed by atoms with Crippen molar-refractivity contribution >= 4 is 40.6 Å². The Hall–Kier alpha value is -3.35. The van der Waals surface area contributed by atoms with Gasteiger partial charge in [-0.05, 0) is 65.0 Å². The maximum absolute atomic E-state index is 12.2. The molecule has 35 heavy (non-hydrogen) atoms. The minimum atomic E-state index is -0.540. The molecule has 0 spiro atoms. The van der Waals surface area contributed by atoms with Crippen LogP contribution in [0.2, 0.25) is 0 Å². The number of amides is 1. The summed E-state index contributed by atoms with van der Waals surface area (Å²) in [5, 5.41) is 17.5. The molecule has 179 valence electrons. The molecule has 2 N–H and O–H groups in total. The molecule has 6 heteroatoms. The first-order valence-electron chi connectivity index (χ1n) is 12.0. The third kappa shape index (κ3) is 6.41. The van der Waals surface area contributed by atoms with Gasteiger partial charge in [-0.15, -0.1) is 0 Å². The van der Waals surface area contributed by atoms with Gasteiger partial charge in [0.1, 0.15) is 5.60 Å². The van der Waals surface area contributed by atoms with Crippen LogP contribution in [-0.2, 0) is 17.8 Å². The van der Waals surface area contributed by atoms with Gasteiger partial charge in [0.15, 0.2) is 0 Å². The van der Waals surface area contributed by atoms with Crippen molar-refractivity contribution in [2.75, 3.05) is 13.1 Å². The molecule has 1 radical (unpaired) electrons. The van der Waals surface area contributed by atoms with E-state index in [2.05, 4.69) is 64.8 Å². The maximum Gasteiger partial charge on any atom is 0.407 e. The number of benzene rings is 4. The highest BCUT2D eigenvalue weighted by molar-refractivity contribution is 6.46. The summed E-state index contributed by atoms with van der Waals surface area (Å²) in [6, 6.07) is 27.0. The maximum atomic E-state index is 12.2. The van der Waals surface area contributed by atoms with Crippen LogP contribution in [0.3, 0.4) is 0 Å². The average molecular weight is 467 g/mol. The van der Waals surface area contributed by atoms with Crippen LogP contribution in [0.5, 0.6) is 0 Å². The molecule has 4 aromatic rings. The van der Waals surface area contributed by atoms with E-state index in [9.17, 15) is 9.82 Å². The Morgan fingerprint density at radius 3 is 2.14 bits per heavy atom. The number of hydrogen-bond donors (Lipinski definition) is 2. The summed E-state index contributed by atoms with van der Waals surface area (Å²) in [5.74, 6) is 0. The lowest BCUT2D eigenvalue weighted by Crippen LogP contribution is -2.38. The lowest BCUT2D eigenvalue weighted by atomic mass is 9.84. The Bertz CT molecular complexity index is 1260. The summed E-state index contributed by atoms with van der Waals surface area (Å²) in [6.45, 7) is 7.95. The van der Waals surface area contributed by atoms with E-state index in [4.69, 9.17) is 4.74 Å². The Labute approximate surface area is 208 Å². The van der Waals surface area contributed by atoms with Crippen LogP contribution >= 0.6 is 0 Å². The molecule has 4 aromatic carbocycles. The fraction of sp³-hybridized carbons (Fsp3) is 0.276. The third-order valence-electron chi connectivity index (χ3n) is 5.95. The lowest BCUT2D eigenvalue weighted by molar-refractivity contribution is 0.0521. The normalized spacial score (nSPS) is 11.7. The van der Waals surface area contributed by atoms with E-state index in [0.29, 0.717) is 26.2 Å². The summed E-state index contributed by atoms with van der Waals surface area (Å²) in [7, 11) is 1.15. The highest BCUT2D eigenvalue weighted by Gasteiger charge is 2.18. The SMILES string of the molecule is CC(C)(C)OC(=O)NCCN(Cc1ccccc1[B]O)Cc1c2ccccc2cc2ccccc12. The van der Waals surface area contributed by atoms with E-state index in [1.165, 1.54) is 27.1 Å². The first-order valence-corrected chi connectivity index (χ1v) is 12.0. The molecular formula is C29H32BN2O3. The number of nitrogens with one attached hydrogen (secondary N) is 1. The quantitative estimate of drug-likeness (QED) is 0.290. The van der Waals surface area contributed by atoms with Crippen LogP contribution in [-0.4, -0.2) is 42.2 Å². The first kappa shape index (κ1) is 24.8. The molecule has 0 aliphatic heterocycles. The molecule has 5 nitrogen and oxygen atoms in total. The topological polar surface area (TPSA) is 61.8 Å². The van der Waals surface area contributed by atoms with E-state index >= 15 is 0 Å². The van der Waals surface area contributed by atoms with E-state index in [1.54, 1.807) is 0 Å². The van der Waals surface area contributed by atoms with Gasteiger partial charge in [-0.1, -0.05) is 72.8 Å². The Balaban J connectivity index is 1.64. The molecule has 1 amide bonds. The number of alkyl carbamates (subject to hydrolysis) is 1. The molecule has 0 heterocycles. The van der Waals surface area contributed by atoms with Crippen molar-refractivity contribution in [3.63, 3.8) is 0 Å². The highest BCUT2D eigenvalue weighted by atomic mass is 16.6. The van der Waals surface area contributed by atoms with Crippen LogP contribution < -0.4 is 10.8 Å². The monoisotopic (exact) mass is 467 g/mol. The molecular weight excluding hydrogens is 435 g/mol. The summed E-state index contributed by atoms with van der Waals surface area (Å²) >= 11 is 0. The predicted octanol–water partition coefficient (Wildman–Crippen LogP) is 4.76. The molecule has 0 bridgehead atoms. The van der Waals surface area contributed by atoms with E-state index in [-0.39, 0.29) is 0 Å². The van der Waals surface area contributed by atoms with Gasteiger partial charge in [0.05, 0.1) is 0 Å². The van der Waals surface area contributed by atoms with Crippen molar-refractivity contribution in [3.05, 3.63) is 90.0 Å². The number of rotatable bonds is 8. The summed E-state index contributed by atoms with van der Waals surface area (Å²) < 4.78 is 5.40. The van der Waals surface area contributed by atoms with Crippen molar-refractivity contribution < 1.29 is 14.6 Å². The largest absolute Gasteiger partial charge is 0.450 e. The number of carbonyl (C=O) groups is 1. The Morgan fingerprint density at radius 2 is 1.51 bits per heavy atom. The Kier molecular flexibility index (Phi) is 7.74.